The second kappa shape index (κ2) is 5.45. The summed E-state index contributed by atoms with van der Waals surface area (Å²) in [6.45, 7) is 4.84. The lowest BCUT2D eigenvalue weighted by Gasteiger charge is -2.23. The van der Waals surface area contributed by atoms with E-state index in [9.17, 15) is 18.0 Å². The Morgan fingerprint density at radius 2 is 2.11 bits per heavy atom. The summed E-state index contributed by atoms with van der Waals surface area (Å²) in [7, 11) is 0. The normalized spacial score (nSPS) is 14.0. The second-order valence-electron chi connectivity index (χ2n) is 4.91. The molecule has 1 atom stereocenters. The summed E-state index contributed by atoms with van der Waals surface area (Å²) in [4.78, 5) is 11.5. The molecule has 6 nitrogen and oxygen atoms in total. The fraction of sp³-hybridized carbons (Fsp3) is 0.700. The number of aromatic amines is 1. The monoisotopic (exact) mass is 280 g/mol. The molecule has 0 aromatic carbocycles. The first-order valence-corrected chi connectivity index (χ1v) is 5.49. The molecule has 0 saturated carbocycles. The molecule has 0 fully saturated rings. The molecule has 19 heavy (non-hydrogen) atoms. The van der Waals surface area contributed by atoms with E-state index in [1.165, 1.54) is 0 Å². The quantitative estimate of drug-likeness (QED) is 0.890. The van der Waals surface area contributed by atoms with E-state index in [2.05, 4.69) is 20.7 Å². The summed E-state index contributed by atoms with van der Waals surface area (Å²) >= 11 is 0. The van der Waals surface area contributed by atoms with Gasteiger partial charge in [-0.2, -0.15) is 28.6 Å². The van der Waals surface area contributed by atoms with Crippen molar-refractivity contribution < 1.29 is 22.7 Å². The number of H-pyrrole nitrogens is 1. The molecule has 9 heteroatoms. The Hall–Kier alpha value is -1.80. The van der Waals surface area contributed by atoms with Crippen molar-refractivity contribution in [3.05, 3.63) is 11.9 Å². The average Bonchev–Trinajstić information content (AvgIpc) is 2.62. The zero-order valence-corrected chi connectivity index (χ0v) is 10.7. The molecular weight excluding hydrogens is 265 g/mol. The molecule has 0 aliphatic rings. The van der Waals surface area contributed by atoms with Gasteiger partial charge in [0.25, 0.3) is 0 Å². The third-order valence-corrected chi connectivity index (χ3v) is 1.92. The lowest BCUT2D eigenvalue weighted by atomic mass is 10.1. The van der Waals surface area contributed by atoms with Crippen molar-refractivity contribution in [2.24, 2.45) is 0 Å². The van der Waals surface area contributed by atoms with Gasteiger partial charge in [-0.05, 0) is 20.8 Å². The maximum atomic E-state index is 12.4. The number of hydrogen-bond donors (Lipinski definition) is 2. The number of nitrogens with one attached hydrogen (secondary N) is 2. The summed E-state index contributed by atoms with van der Waals surface area (Å²) in [6.07, 6.45) is -5.52. The Bertz CT molecular complexity index is 411. The number of halogens is 3. The molecule has 0 bridgehead atoms. The summed E-state index contributed by atoms with van der Waals surface area (Å²) < 4.78 is 42.2. The fourth-order valence-corrected chi connectivity index (χ4v) is 1.29. The molecule has 0 aliphatic heterocycles. The fourth-order valence-electron chi connectivity index (χ4n) is 1.29. The highest BCUT2D eigenvalue weighted by atomic mass is 19.4. The van der Waals surface area contributed by atoms with Crippen LogP contribution < -0.4 is 5.32 Å². The molecule has 1 aromatic heterocycles. The number of alkyl carbamates (subject to hydrolysis) is 1. The van der Waals surface area contributed by atoms with Gasteiger partial charge in [0.2, 0.25) is 0 Å². The van der Waals surface area contributed by atoms with Crippen molar-refractivity contribution in [2.75, 3.05) is 0 Å². The van der Waals surface area contributed by atoms with E-state index < -0.39 is 30.3 Å². The predicted octanol–water partition coefficient (Wildman–Crippen LogP) is 2.32. The summed E-state index contributed by atoms with van der Waals surface area (Å²) in [5.41, 5.74) is -0.806. The molecular formula is C10H15F3N4O2. The Labute approximate surface area is 107 Å². The van der Waals surface area contributed by atoms with E-state index >= 15 is 0 Å². The van der Waals surface area contributed by atoms with E-state index in [1.54, 1.807) is 20.8 Å². The molecule has 1 rings (SSSR count). The van der Waals surface area contributed by atoms with E-state index in [0.29, 0.717) is 0 Å². The van der Waals surface area contributed by atoms with Gasteiger partial charge >= 0.3 is 12.3 Å². The van der Waals surface area contributed by atoms with Gasteiger partial charge in [0.05, 0.1) is 18.7 Å². The van der Waals surface area contributed by atoms with Gasteiger partial charge in [0.15, 0.2) is 0 Å². The first-order valence-electron chi connectivity index (χ1n) is 5.49. The van der Waals surface area contributed by atoms with E-state index in [0.717, 1.165) is 6.20 Å². The minimum Gasteiger partial charge on any atom is -0.444 e. The topological polar surface area (TPSA) is 79.9 Å². The van der Waals surface area contributed by atoms with Crippen molar-refractivity contribution in [1.29, 1.82) is 0 Å². The highest BCUT2D eigenvalue weighted by Crippen LogP contribution is 2.28. The van der Waals surface area contributed by atoms with Gasteiger partial charge < -0.3 is 10.1 Å². The molecule has 0 spiro atoms. The van der Waals surface area contributed by atoms with Crippen molar-refractivity contribution in [3.63, 3.8) is 0 Å². The molecule has 108 valence electrons. The third kappa shape index (κ3) is 6.07. The van der Waals surface area contributed by atoms with Crippen LogP contribution in [0.3, 0.4) is 0 Å². The molecule has 0 aliphatic carbocycles. The minimum absolute atomic E-state index is 0.0109. The first-order chi connectivity index (χ1) is 8.57. The van der Waals surface area contributed by atoms with Crippen LogP contribution in [0.25, 0.3) is 0 Å². The van der Waals surface area contributed by atoms with Gasteiger partial charge in [-0.15, -0.1) is 0 Å². The van der Waals surface area contributed by atoms with Gasteiger partial charge in [-0.25, -0.2) is 4.79 Å². The van der Waals surface area contributed by atoms with E-state index in [1.807, 2.05) is 0 Å². The Morgan fingerprint density at radius 1 is 1.47 bits per heavy atom. The van der Waals surface area contributed by atoms with Gasteiger partial charge in [-0.1, -0.05) is 0 Å². The van der Waals surface area contributed by atoms with Crippen LogP contribution >= 0.6 is 0 Å². The molecule has 0 saturated heterocycles. The van der Waals surface area contributed by atoms with Crippen molar-refractivity contribution in [1.82, 2.24) is 20.7 Å². The van der Waals surface area contributed by atoms with Crippen LogP contribution in [0.4, 0.5) is 18.0 Å². The SMILES string of the molecule is CC(C)(C)OC(=O)NC(CC(F)(F)F)c1cn[nH]n1. The third-order valence-electron chi connectivity index (χ3n) is 1.92. The van der Waals surface area contributed by atoms with Crippen molar-refractivity contribution in [3.8, 4) is 0 Å². The molecule has 0 radical (unpaired) electrons. The molecule has 2 N–H and O–H groups in total. The number of carbonyl (C=O) groups excluding carboxylic acids is 1. The first kappa shape index (κ1) is 15.3. The lowest BCUT2D eigenvalue weighted by Crippen LogP contribution is -2.36. The van der Waals surface area contributed by atoms with Gasteiger partial charge in [0.1, 0.15) is 11.3 Å². The number of hydrogen-bond acceptors (Lipinski definition) is 4. The number of carbonyl (C=O) groups is 1. The highest BCUT2D eigenvalue weighted by Gasteiger charge is 2.35. The summed E-state index contributed by atoms with van der Waals surface area (Å²) in [5.74, 6) is 0. The minimum atomic E-state index is -4.45. The zero-order valence-electron chi connectivity index (χ0n) is 10.7. The van der Waals surface area contributed by atoms with E-state index in [4.69, 9.17) is 4.74 Å². The molecule has 1 unspecified atom stereocenters. The number of alkyl halides is 3. The van der Waals surface area contributed by atoms with Crippen LogP contribution in [0.15, 0.2) is 6.20 Å². The van der Waals surface area contributed by atoms with Crippen LogP contribution in [0, 0.1) is 0 Å². The lowest BCUT2D eigenvalue weighted by molar-refractivity contribution is -0.140. The van der Waals surface area contributed by atoms with E-state index in [-0.39, 0.29) is 5.69 Å². The van der Waals surface area contributed by atoms with Crippen LogP contribution in [0.1, 0.15) is 38.9 Å². The van der Waals surface area contributed by atoms with Crippen LogP contribution in [-0.4, -0.2) is 33.3 Å². The van der Waals surface area contributed by atoms with Gasteiger partial charge in [0, 0.05) is 0 Å². The maximum Gasteiger partial charge on any atom is 0.408 e. The predicted molar refractivity (Wildman–Crippen MR) is 59.2 cm³/mol. The van der Waals surface area contributed by atoms with Crippen LogP contribution in [-0.2, 0) is 4.74 Å². The van der Waals surface area contributed by atoms with Crippen molar-refractivity contribution in [2.45, 2.75) is 45.0 Å². The zero-order chi connectivity index (χ0) is 14.7. The number of nitrogens with zero attached hydrogens (tertiary/aromatic N) is 2. The van der Waals surface area contributed by atoms with Crippen LogP contribution in [0.5, 0.6) is 0 Å². The van der Waals surface area contributed by atoms with Crippen LogP contribution in [0.2, 0.25) is 0 Å². The summed E-state index contributed by atoms with van der Waals surface area (Å²) in [6, 6.07) is -1.34. The number of ether oxygens (including phenoxy) is 1. The van der Waals surface area contributed by atoms with Gasteiger partial charge in [-0.3, -0.25) is 0 Å². The Kier molecular flexibility index (Phi) is 4.38. The molecule has 1 amide bonds. The second-order valence-corrected chi connectivity index (χ2v) is 4.91. The largest absolute Gasteiger partial charge is 0.444 e. The smallest absolute Gasteiger partial charge is 0.408 e. The maximum absolute atomic E-state index is 12.4. The molecule has 1 heterocycles. The number of rotatable bonds is 3. The average molecular weight is 280 g/mol. The summed E-state index contributed by atoms with van der Waals surface area (Å²) in [5, 5.41) is 11.3. The number of amides is 1. The highest BCUT2D eigenvalue weighted by molar-refractivity contribution is 5.68. The van der Waals surface area contributed by atoms with Crippen molar-refractivity contribution >= 4 is 6.09 Å². The standard InChI is InChI=1S/C10H15F3N4O2/c1-9(2,3)19-8(18)15-6(4-10(11,12)13)7-5-14-17-16-7/h5-6H,4H2,1-3H3,(H,15,18)(H,14,16,17). The Balaban J connectivity index is 2.73. The Morgan fingerprint density at radius 3 is 2.53 bits per heavy atom. The number of aromatic nitrogens is 3. The molecule has 1 aromatic rings.